The third-order valence-electron chi connectivity index (χ3n) is 1.84. The van der Waals surface area contributed by atoms with Gasteiger partial charge in [0, 0.05) is 12.4 Å². The lowest BCUT2D eigenvalue weighted by atomic mass is 10.2. The number of aromatic nitrogens is 2. The summed E-state index contributed by atoms with van der Waals surface area (Å²) < 4.78 is 1.74. The van der Waals surface area contributed by atoms with Gasteiger partial charge in [-0.3, -0.25) is 0 Å². The van der Waals surface area contributed by atoms with Crippen molar-refractivity contribution in [3.63, 3.8) is 0 Å². The van der Waals surface area contributed by atoms with Gasteiger partial charge in [0.1, 0.15) is 0 Å². The first-order chi connectivity index (χ1) is 8.23. The zero-order valence-corrected chi connectivity index (χ0v) is 10.9. The summed E-state index contributed by atoms with van der Waals surface area (Å²) in [5, 5.41) is 13.1. The van der Waals surface area contributed by atoms with Crippen LogP contribution < -0.4 is 0 Å². The van der Waals surface area contributed by atoms with E-state index in [0.717, 1.165) is 11.3 Å². The van der Waals surface area contributed by atoms with Crippen LogP contribution in [0.5, 0.6) is 0 Å². The van der Waals surface area contributed by atoms with Crippen molar-refractivity contribution in [2.24, 2.45) is 0 Å². The van der Waals surface area contributed by atoms with Crippen LogP contribution in [-0.4, -0.2) is 21.5 Å². The standard InChI is InChI=1S/C11H14N2O.C3H8/c1-3-10(9-14)8-11(4-2)13-7-5-6-12-13;1-3-2/h3-8,14H,1,9H2,2H3;3H2,1-2H3/b10-8+,11-4+;. The van der Waals surface area contributed by atoms with E-state index in [4.69, 9.17) is 5.11 Å². The molecular formula is C14H22N2O. The van der Waals surface area contributed by atoms with Crippen LogP contribution in [0.25, 0.3) is 5.70 Å². The molecule has 1 heterocycles. The number of aliphatic hydroxyl groups is 1. The van der Waals surface area contributed by atoms with Crippen LogP contribution in [0.1, 0.15) is 27.2 Å². The number of nitrogens with zero attached hydrogens (tertiary/aromatic N) is 2. The van der Waals surface area contributed by atoms with Gasteiger partial charge < -0.3 is 5.11 Å². The van der Waals surface area contributed by atoms with Gasteiger partial charge in [-0.25, -0.2) is 4.68 Å². The Morgan fingerprint density at radius 2 is 2.12 bits per heavy atom. The van der Waals surface area contributed by atoms with Gasteiger partial charge in [0.2, 0.25) is 0 Å². The predicted molar refractivity (Wildman–Crippen MR) is 73.5 cm³/mol. The quantitative estimate of drug-likeness (QED) is 0.812. The Morgan fingerprint density at radius 1 is 1.47 bits per heavy atom. The summed E-state index contributed by atoms with van der Waals surface area (Å²) in [6.07, 6.45) is 10.2. The van der Waals surface area contributed by atoms with Gasteiger partial charge >= 0.3 is 0 Å². The summed E-state index contributed by atoms with van der Waals surface area (Å²) in [7, 11) is 0. The van der Waals surface area contributed by atoms with E-state index < -0.39 is 0 Å². The van der Waals surface area contributed by atoms with Crippen LogP contribution >= 0.6 is 0 Å². The smallest absolute Gasteiger partial charge is 0.0682 e. The molecule has 0 aromatic carbocycles. The van der Waals surface area contributed by atoms with Crippen LogP contribution in [0, 0.1) is 0 Å². The molecule has 0 atom stereocenters. The minimum atomic E-state index is -0.0118. The molecule has 0 unspecified atom stereocenters. The molecular weight excluding hydrogens is 212 g/mol. The number of allylic oxidation sites excluding steroid dienone is 3. The zero-order valence-electron chi connectivity index (χ0n) is 10.9. The molecule has 1 rings (SSSR count). The molecule has 1 aromatic heterocycles. The van der Waals surface area contributed by atoms with Crippen LogP contribution in [0.15, 0.2) is 48.8 Å². The van der Waals surface area contributed by atoms with Crippen molar-refractivity contribution < 1.29 is 5.11 Å². The molecule has 0 saturated heterocycles. The lowest BCUT2D eigenvalue weighted by Gasteiger charge is -2.03. The third-order valence-corrected chi connectivity index (χ3v) is 1.84. The first kappa shape index (κ1) is 15.4. The average molecular weight is 234 g/mol. The largest absolute Gasteiger partial charge is 0.392 e. The van der Waals surface area contributed by atoms with Crippen molar-refractivity contribution in [2.45, 2.75) is 27.2 Å². The number of rotatable bonds is 4. The van der Waals surface area contributed by atoms with E-state index in [1.807, 2.05) is 31.3 Å². The third kappa shape index (κ3) is 5.88. The lowest BCUT2D eigenvalue weighted by molar-refractivity contribution is 0.335. The van der Waals surface area contributed by atoms with E-state index in [1.165, 1.54) is 6.42 Å². The van der Waals surface area contributed by atoms with Crippen molar-refractivity contribution in [1.82, 2.24) is 9.78 Å². The highest BCUT2D eigenvalue weighted by Gasteiger charge is 1.96. The molecule has 1 N–H and O–H groups in total. The Balaban J connectivity index is 0.000000770. The maximum absolute atomic E-state index is 8.97. The Bertz CT molecular complexity index is 362. The second-order valence-corrected chi connectivity index (χ2v) is 3.45. The molecule has 3 nitrogen and oxygen atoms in total. The van der Waals surface area contributed by atoms with E-state index >= 15 is 0 Å². The van der Waals surface area contributed by atoms with E-state index in [1.54, 1.807) is 17.0 Å². The predicted octanol–water partition coefficient (Wildman–Crippen LogP) is 3.26. The maximum atomic E-state index is 8.97. The molecule has 0 aliphatic carbocycles. The monoisotopic (exact) mass is 234 g/mol. The SMILES string of the molecule is C=C/C(=C\C(=C/C)n1cccn1)CO.CCC. The van der Waals surface area contributed by atoms with E-state index in [0.29, 0.717) is 0 Å². The number of hydrogen-bond donors (Lipinski definition) is 1. The van der Waals surface area contributed by atoms with Crippen LogP contribution in [0.3, 0.4) is 0 Å². The van der Waals surface area contributed by atoms with Crippen molar-refractivity contribution in [1.29, 1.82) is 0 Å². The fraction of sp³-hybridized carbons (Fsp3) is 0.357. The topological polar surface area (TPSA) is 38.0 Å². The molecule has 17 heavy (non-hydrogen) atoms. The molecule has 0 bridgehead atoms. The summed E-state index contributed by atoms with van der Waals surface area (Å²) in [6, 6.07) is 1.85. The molecule has 0 aliphatic rings. The highest BCUT2D eigenvalue weighted by Crippen LogP contribution is 2.08. The molecule has 3 heteroatoms. The molecule has 94 valence electrons. The minimum Gasteiger partial charge on any atom is -0.392 e. The zero-order chi connectivity index (χ0) is 13.1. The van der Waals surface area contributed by atoms with Gasteiger partial charge in [-0.05, 0) is 24.6 Å². The fourth-order valence-electron chi connectivity index (χ4n) is 1.06. The molecule has 0 saturated carbocycles. The number of hydrogen-bond acceptors (Lipinski definition) is 2. The Hall–Kier alpha value is -1.61. The summed E-state index contributed by atoms with van der Waals surface area (Å²) >= 11 is 0. The highest BCUT2D eigenvalue weighted by atomic mass is 16.3. The van der Waals surface area contributed by atoms with Gasteiger partial charge in [0.05, 0.1) is 12.3 Å². The van der Waals surface area contributed by atoms with Crippen LogP contribution in [-0.2, 0) is 0 Å². The molecule has 0 amide bonds. The average Bonchev–Trinajstić information content (AvgIpc) is 2.85. The van der Waals surface area contributed by atoms with Gasteiger partial charge in [0.15, 0.2) is 0 Å². The second-order valence-electron chi connectivity index (χ2n) is 3.45. The normalized spacial score (nSPS) is 11.8. The van der Waals surface area contributed by atoms with Gasteiger partial charge in [-0.15, -0.1) is 0 Å². The van der Waals surface area contributed by atoms with Crippen molar-refractivity contribution in [3.05, 3.63) is 48.8 Å². The minimum absolute atomic E-state index is 0.0118. The Kier molecular flexibility index (Phi) is 8.69. The summed E-state index contributed by atoms with van der Waals surface area (Å²) in [4.78, 5) is 0. The van der Waals surface area contributed by atoms with Crippen molar-refractivity contribution in [3.8, 4) is 0 Å². The second kappa shape index (κ2) is 9.60. The highest BCUT2D eigenvalue weighted by molar-refractivity contribution is 5.58. The maximum Gasteiger partial charge on any atom is 0.0682 e. The molecule has 0 aliphatic heterocycles. The van der Waals surface area contributed by atoms with Crippen LogP contribution in [0.4, 0.5) is 0 Å². The summed E-state index contributed by atoms with van der Waals surface area (Å²) in [5.41, 5.74) is 1.69. The first-order valence-corrected chi connectivity index (χ1v) is 5.83. The van der Waals surface area contributed by atoms with Crippen molar-refractivity contribution in [2.75, 3.05) is 6.61 Å². The molecule has 0 fully saturated rings. The number of aliphatic hydroxyl groups excluding tert-OH is 1. The summed E-state index contributed by atoms with van der Waals surface area (Å²) in [5.74, 6) is 0. The van der Waals surface area contributed by atoms with E-state index in [-0.39, 0.29) is 6.61 Å². The van der Waals surface area contributed by atoms with E-state index in [2.05, 4.69) is 25.5 Å². The fourth-order valence-corrected chi connectivity index (χ4v) is 1.06. The van der Waals surface area contributed by atoms with Crippen LogP contribution in [0.2, 0.25) is 0 Å². The Labute approximate surface area is 104 Å². The van der Waals surface area contributed by atoms with Crippen molar-refractivity contribution >= 4 is 5.70 Å². The first-order valence-electron chi connectivity index (χ1n) is 5.83. The molecule has 1 aromatic rings. The molecule has 0 radical (unpaired) electrons. The van der Waals surface area contributed by atoms with Gasteiger partial charge in [-0.1, -0.05) is 39.0 Å². The van der Waals surface area contributed by atoms with Gasteiger partial charge in [0.25, 0.3) is 0 Å². The molecule has 0 spiro atoms. The lowest BCUT2D eigenvalue weighted by Crippen LogP contribution is -1.96. The van der Waals surface area contributed by atoms with E-state index in [9.17, 15) is 0 Å². The van der Waals surface area contributed by atoms with Gasteiger partial charge in [-0.2, -0.15) is 5.10 Å². The Morgan fingerprint density at radius 3 is 2.47 bits per heavy atom. The summed E-state index contributed by atoms with van der Waals surface area (Å²) in [6.45, 7) is 9.78.